The topological polar surface area (TPSA) is 44.4 Å². The van der Waals surface area contributed by atoms with Gasteiger partial charge in [0.15, 0.2) is 0 Å². The number of carbonyl (C=O) groups excluding carboxylic acids is 1. The van der Waals surface area contributed by atoms with E-state index in [1.165, 1.54) is 0 Å². The van der Waals surface area contributed by atoms with E-state index in [-0.39, 0.29) is 13.1 Å². The van der Waals surface area contributed by atoms with Crippen LogP contribution in [0.3, 0.4) is 0 Å². The molecule has 0 saturated carbocycles. The van der Waals surface area contributed by atoms with Crippen LogP contribution in [-0.4, -0.2) is 43.7 Å². The Morgan fingerprint density at radius 3 is 2.61 bits per heavy atom. The summed E-state index contributed by atoms with van der Waals surface area (Å²) in [5, 5.41) is 5.77. The minimum Gasteiger partial charge on any atom is -0.384 e. The largest absolute Gasteiger partial charge is 0.393 e. The number of likely N-dealkylation sites (tertiary alicyclic amines) is 1. The van der Waals surface area contributed by atoms with Gasteiger partial charge in [-0.05, 0) is 38.6 Å². The highest BCUT2D eigenvalue weighted by molar-refractivity contribution is 5.96. The van der Waals surface area contributed by atoms with Crippen LogP contribution in [0.25, 0.3) is 0 Å². The van der Waals surface area contributed by atoms with E-state index in [9.17, 15) is 18.0 Å². The van der Waals surface area contributed by atoms with Crippen molar-refractivity contribution in [3.8, 4) is 0 Å². The first-order valence-corrected chi connectivity index (χ1v) is 7.63. The van der Waals surface area contributed by atoms with Crippen LogP contribution in [0.4, 0.5) is 24.5 Å². The zero-order chi connectivity index (χ0) is 17.2. The predicted octanol–water partition coefficient (Wildman–Crippen LogP) is 3.11. The van der Waals surface area contributed by atoms with Crippen LogP contribution < -0.4 is 10.6 Å². The number of hydrogen-bond donors (Lipinski definition) is 2. The zero-order valence-electron chi connectivity index (χ0n) is 13.5. The molecule has 23 heavy (non-hydrogen) atoms. The molecule has 1 saturated heterocycles. The van der Waals surface area contributed by atoms with Crippen molar-refractivity contribution in [1.82, 2.24) is 4.90 Å². The average Bonchev–Trinajstić information content (AvgIpc) is 2.84. The molecule has 1 heterocycles. The van der Waals surface area contributed by atoms with Crippen molar-refractivity contribution in [2.45, 2.75) is 20.0 Å². The van der Waals surface area contributed by atoms with Gasteiger partial charge in [0.05, 0.1) is 23.2 Å². The molecule has 1 aromatic rings. The minimum atomic E-state index is -4.37. The number of amides is 1. The first-order valence-electron chi connectivity index (χ1n) is 7.63. The highest BCUT2D eigenvalue weighted by Gasteiger charge is 2.51. The molecular formula is C16H22F3N3O. The quantitative estimate of drug-likeness (QED) is 0.892. The van der Waals surface area contributed by atoms with E-state index in [1.54, 1.807) is 18.0 Å². The third kappa shape index (κ3) is 4.16. The molecule has 4 nitrogen and oxygen atoms in total. The van der Waals surface area contributed by atoms with Gasteiger partial charge >= 0.3 is 6.18 Å². The molecule has 0 aromatic heterocycles. The fraction of sp³-hybridized carbons (Fsp3) is 0.562. The van der Waals surface area contributed by atoms with E-state index in [2.05, 4.69) is 10.6 Å². The molecule has 0 aliphatic carbocycles. The van der Waals surface area contributed by atoms with Gasteiger partial charge in [0.2, 0.25) is 5.91 Å². The van der Waals surface area contributed by atoms with Gasteiger partial charge in [0.1, 0.15) is 0 Å². The number of hydrogen-bond acceptors (Lipinski definition) is 3. The highest BCUT2D eigenvalue weighted by Crippen LogP contribution is 2.38. The first-order chi connectivity index (χ1) is 10.7. The Labute approximate surface area is 134 Å². The SMILES string of the molecule is CCNc1cc(C)ccc1NC(=O)C1CN(C)CC1C(F)(F)F. The van der Waals surface area contributed by atoms with Gasteiger partial charge in [0.25, 0.3) is 0 Å². The Morgan fingerprint density at radius 1 is 1.30 bits per heavy atom. The van der Waals surface area contributed by atoms with Crippen LogP contribution in [0.15, 0.2) is 18.2 Å². The molecule has 0 radical (unpaired) electrons. The molecule has 1 fully saturated rings. The van der Waals surface area contributed by atoms with Gasteiger partial charge in [-0.1, -0.05) is 6.07 Å². The number of alkyl halides is 3. The summed E-state index contributed by atoms with van der Waals surface area (Å²) in [6.07, 6.45) is -4.37. The number of nitrogens with zero attached hydrogens (tertiary/aromatic N) is 1. The lowest BCUT2D eigenvalue weighted by Crippen LogP contribution is -2.36. The lowest BCUT2D eigenvalue weighted by Gasteiger charge is -2.21. The smallest absolute Gasteiger partial charge is 0.384 e. The van der Waals surface area contributed by atoms with Gasteiger partial charge < -0.3 is 15.5 Å². The number of nitrogens with one attached hydrogen (secondary N) is 2. The Morgan fingerprint density at radius 2 is 2.00 bits per heavy atom. The van der Waals surface area contributed by atoms with Gasteiger partial charge in [-0.3, -0.25) is 4.79 Å². The Balaban J connectivity index is 2.18. The number of anilines is 2. The molecule has 2 unspecified atom stereocenters. The van der Waals surface area contributed by atoms with Crippen molar-refractivity contribution in [2.75, 3.05) is 37.3 Å². The third-order valence-electron chi connectivity index (χ3n) is 4.06. The summed E-state index contributed by atoms with van der Waals surface area (Å²) >= 11 is 0. The summed E-state index contributed by atoms with van der Waals surface area (Å²) in [4.78, 5) is 13.9. The summed E-state index contributed by atoms with van der Waals surface area (Å²) in [7, 11) is 1.60. The van der Waals surface area contributed by atoms with Crippen LogP contribution in [0, 0.1) is 18.8 Å². The molecule has 2 N–H and O–H groups in total. The normalized spacial score (nSPS) is 22.2. The molecule has 0 bridgehead atoms. The van der Waals surface area contributed by atoms with Crippen LogP contribution in [-0.2, 0) is 4.79 Å². The predicted molar refractivity (Wildman–Crippen MR) is 84.5 cm³/mol. The standard InChI is InChI=1S/C16H22F3N3O/c1-4-20-14-7-10(2)5-6-13(14)21-15(23)11-8-22(3)9-12(11)16(17,18)19/h5-7,11-12,20H,4,8-9H2,1-3H3,(H,21,23). The van der Waals surface area contributed by atoms with Gasteiger partial charge in [0, 0.05) is 19.6 Å². The number of rotatable bonds is 4. The molecule has 1 aromatic carbocycles. The van der Waals surface area contributed by atoms with E-state index >= 15 is 0 Å². The molecule has 7 heteroatoms. The second-order valence-corrected chi connectivity index (χ2v) is 6.04. The van der Waals surface area contributed by atoms with E-state index in [0.29, 0.717) is 12.2 Å². The summed E-state index contributed by atoms with van der Waals surface area (Å²) < 4.78 is 39.4. The van der Waals surface area contributed by atoms with Crippen LogP contribution in [0.5, 0.6) is 0 Å². The van der Waals surface area contributed by atoms with Crippen molar-refractivity contribution >= 4 is 17.3 Å². The zero-order valence-corrected chi connectivity index (χ0v) is 13.5. The maximum Gasteiger partial charge on any atom is 0.393 e. The van der Waals surface area contributed by atoms with E-state index in [0.717, 1.165) is 11.3 Å². The monoisotopic (exact) mass is 329 g/mol. The molecule has 1 aliphatic rings. The van der Waals surface area contributed by atoms with E-state index < -0.39 is 23.9 Å². The van der Waals surface area contributed by atoms with Crippen LogP contribution >= 0.6 is 0 Å². The Kier molecular flexibility index (Phi) is 5.19. The van der Waals surface area contributed by atoms with Crippen molar-refractivity contribution in [2.24, 2.45) is 11.8 Å². The van der Waals surface area contributed by atoms with Gasteiger partial charge in [-0.2, -0.15) is 13.2 Å². The maximum atomic E-state index is 13.1. The molecule has 2 atom stereocenters. The number of benzene rings is 1. The van der Waals surface area contributed by atoms with E-state index in [4.69, 9.17) is 0 Å². The maximum absolute atomic E-state index is 13.1. The van der Waals surface area contributed by atoms with Crippen molar-refractivity contribution in [3.05, 3.63) is 23.8 Å². The fourth-order valence-electron chi connectivity index (χ4n) is 2.93. The van der Waals surface area contributed by atoms with Crippen LogP contribution in [0.2, 0.25) is 0 Å². The molecule has 1 amide bonds. The second kappa shape index (κ2) is 6.78. The summed E-state index contributed by atoms with van der Waals surface area (Å²) in [5.41, 5.74) is 2.24. The number of aryl methyl sites for hydroxylation is 1. The summed E-state index contributed by atoms with van der Waals surface area (Å²) in [5.74, 6) is -3.30. The van der Waals surface area contributed by atoms with Crippen molar-refractivity contribution < 1.29 is 18.0 Å². The minimum absolute atomic E-state index is 0.110. The van der Waals surface area contributed by atoms with Crippen molar-refractivity contribution in [1.29, 1.82) is 0 Å². The molecule has 2 rings (SSSR count). The molecular weight excluding hydrogens is 307 g/mol. The van der Waals surface area contributed by atoms with Crippen molar-refractivity contribution in [3.63, 3.8) is 0 Å². The second-order valence-electron chi connectivity index (χ2n) is 6.04. The average molecular weight is 329 g/mol. The lowest BCUT2D eigenvalue weighted by atomic mass is 9.94. The fourth-order valence-corrected chi connectivity index (χ4v) is 2.93. The highest BCUT2D eigenvalue weighted by atomic mass is 19.4. The number of halogens is 3. The third-order valence-corrected chi connectivity index (χ3v) is 4.06. The lowest BCUT2D eigenvalue weighted by molar-refractivity contribution is -0.182. The Hall–Kier alpha value is -1.76. The van der Waals surface area contributed by atoms with Gasteiger partial charge in [-0.25, -0.2) is 0 Å². The molecule has 128 valence electrons. The Bertz CT molecular complexity index is 574. The van der Waals surface area contributed by atoms with Crippen LogP contribution in [0.1, 0.15) is 12.5 Å². The first kappa shape index (κ1) is 17.6. The number of carbonyl (C=O) groups is 1. The van der Waals surface area contributed by atoms with Gasteiger partial charge in [-0.15, -0.1) is 0 Å². The molecule has 1 aliphatic heterocycles. The summed E-state index contributed by atoms with van der Waals surface area (Å²) in [6, 6.07) is 5.39. The summed E-state index contributed by atoms with van der Waals surface area (Å²) in [6.45, 7) is 4.45. The van der Waals surface area contributed by atoms with E-state index in [1.807, 2.05) is 26.0 Å². The molecule has 0 spiro atoms.